The summed E-state index contributed by atoms with van der Waals surface area (Å²) in [4.78, 5) is 4.86. The van der Waals surface area contributed by atoms with E-state index in [2.05, 4.69) is 29.0 Å². The molecule has 1 aliphatic rings. The second-order valence-corrected chi connectivity index (χ2v) is 4.39. The highest BCUT2D eigenvalue weighted by molar-refractivity contribution is 5.33. The number of rotatable bonds is 3. The lowest BCUT2D eigenvalue weighted by Gasteiger charge is -2.32. The molecule has 1 aliphatic heterocycles. The van der Waals surface area contributed by atoms with Gasteiger partial charge in [-0.05, 0) is 13.1 Å². The van der Waals surface area contributed by atoms with Gasteiger partial charge in [0.25, 0.3) is 0 Å². The van der Waals surface area contributed by atoms with Crippen molar-refractivity contribution in [3.05, 3.63) is 29.8 Å². The molecule has 0 saturated carbocycles. The SMILES string of the molecule is COc1ccccc1CN1CCN(C)CC1. The van der Waals surface area contributed by atoms with E-state index in [1.165, 1.54) is 5.56 Å². The van der Waals surface area contributed by atoms with E-state index in [0.717, 1.165) is 38.5 Å². The first-order valence-corrected chi connectivity index (χ1v) is 5.82. The first kappa shape index (κ1) is 11.4. The maximum Gasteiger partial charge on any atom is 0.123 e. The Kier molecular flexibility index (Phi) is 3.80. The first-order valence-electron chi connectivity index (χ1n) is 5.82. The summed E-state index contributed by atoms with van der Waals surface area (Å²) in [6.07, 6.45) is 0. The number of benzene rings is 1. The van der Waals surface area contributed by atoms with Crippen LogP contribution in [0.25, 0.3) is 0 Å². The van der Waals surface area contributed by atoms with Crippen LogP contribution in [0, 0.1) is 0 Å². The Morgan fingerprint density at radius 1 is 1.12 bits per heavy atom. The van der Waals surface area contributed by atoms with E-state index in [0.29, 0.717) is 0 Å². The zero-order valence-electron chi connectivity index (χ0n) is 10.1. The van der Waals surface area contributed by atoms with Gasteiger partial charge in [-0.1, -0.05) is 18.2 Å². The lowest BCUT2D eigenvalue weighted by atomic mass is 10.1. The molecule has 1 aromatic carbocycles. The smallest absolute Gasteiger partial charge is 0.123 e. The number of hydrogen-bond acceptors (Lipinski definition) is 3. The summed E-state index contributed by atoms with van der Waals surface area (Å²) in [5, 5.41) is 0. The minimum atomic E-state index is 0.998. The molecule has 0 aromatic heterocycles. The van der Waals surface area contributed by atoms with Crippen LogP contribution in [0.4, 0.5) is 0 Å². The van der Waals surface area contributed by atoms with Gasteiger partial charge in [-0.3, -0.25) is 4.90 Å². The van der Waals surface area contributed by atoms with E-state index in [9.17, 15) is 0 Å². The molecular weight excluding hydrogens is 200 g/mol. The van der Waals surface area contributed by atoms with Gasteiger partial charge < -0.3 is 9.64 Å². The van der Waals surface area contributed by atoms with Gasteiger partial charge in [0.05, 0.1) is 7.11 Å². The molecule has 1 heterocycles. The van der Waals surface area contributed by atoms with Gasteiger partial charge in [-0.25, -0.2) is 0 Å². The fourth-order valence-corrected chi connectivity index (χ4v) is 2.08. The molecule has 3 nitrogen and oxygen atoms in total. The number of likely N-dealkylation sites (N-methyl/N-ethyl adjacent to an activating group) is 1. The van der Waals surface area contributed by atoms with Gasteiger partial charge in [-0.2, -0.15) is 0 Å². The van der Waals surface area contributed by atoms with E-state index >= 15 is 0 Å². The molecule has 0 atom stereocenters. The number of para-hydroxylation sites is 1. The van der Waals surface area contributed by atoms with Crippen LogP contribution in [0.1, 0.15) is 5.56 Å². The molecule has 16 heavy (non-hydrogen) atoms. The largest absolute Gasteiger partial charge is 0.496 e. The summed E-state index contributed by atoms with van der Waals surface area (Å²) in [5.41, 5.74) is 1.29. The quantitative estimate of drug-likeness (QED) is 0.766. The van der Waals surface area contributed by atoms with Gasteiger partial charge in [0.1, 0.15) is 5.75 Å². The summed E-state index contributed by atoms with van der Waals surface area (Å²) in [6.45, 7) is 5.62. The monoisotopic (exact) mass is 220 g/mol. The lowest BCUT2D eigenvalue weighted by molar-refractivity contribution is 0.147. The first-order chi connectivity index (χ1) is 7.79. The third-order valence-electron chi connectivity index (χ3n) is 3.18. The summed E-state index contributed by atoms with van der Waals surface area (Å²) >= 11 is 0. The van der Waals surface area contributed by atoms with E-state index in [1.54, 1.807) is 7.11 Å². The molecule has 0 radical (unpaired) electrons. The van der Waals surface area contributed by atoms with Gasteiger partial charge >= 0.3 is 0 Å². The molecule has 2 rings (SSSR count). The zero-order valence-corrected chi connectivity index (χ0v) is 10.1. The van der Waals surface area contributed by atoms with Gasteiger partial charge in [0, 0.05) is 38.3 Å². The van der Waals surface area contributed by atoms with Crippen molar-refractivity contribution in [3.63, 3.8) is 0 Å². The average molecular weight is 220 g/mol. The average Bonchev–Trinajstić information content (AvgIpc) is 2.33. The highest BCUT2D eigenvalue weighted by Gasteiger charge is 2.15. The third-order valence-corrected chi connectivity index (χ3v) is 3.18. The standard InChI is InChI=1S/C13H20N2O/c1-14-7-9-15(10-8-14)11-12-5-3-4-6-13(12)16-2/h3-6H,7-11H2,1-2H3. The van der Waals surface area contributed by atoms with Crippen molar-refractivity contribution in [1.82, 2.24) is 9.80 Å². The normalized spacial score (nSPS) is 18.6. The molecule has 0 unspecified atom stereocenters. The summed E-state index contributed by atoms with van der Waals surface area (Å²) in [7, 11) is 3.92. The Bertz CT molecular complexity index is 332. The number of methoxy groups -OCH3 is 1. The van der Waals surface area contributed by atoms with Crippen LogP contribution in [0.15, 0.2) is 24.3 Å². The second-order valence-electron chi connectivity index (χ2n) is 4.39. The zero-order chi connectivity index (χ0) is 11.4. The van der Waals surface area contributed by atoms with Crippen molar-refractivity contribution in [2.45, 2.75) is 6.54 Å². The molecule has 0 spiro atoms. The summed E-state index contributed by atoms with van der Waals surface area (Å²) in [5.74, 6) is 1.00. The van der Waals surface area contributed by atoms with Crippen molar-refractivity contribution in [2.75, 3.05) is 40.3 Å². The number of piperazine rings is 1. The van der Waals surface area contributed by atoms with Crippen LogP contribution in [-0.4, -0.2) is 50.1 Å². The minimum Gasteiger partial charge on any atom is -0.496 e. The van der Waals surface area contributed by atoms with Crippen molar-refractivity contribution in [1.29, 1.82) is 0 Å². The van der Waals surface area contributed by atoms with Crippen molar-refractivity contribution < 1.29 is 4.74 Å². The topological polar surface area (TPSA) is 15.7 Å². The van der Waals surface area contributed by atoms with Crippen LogP contribution in [0.5, 0.6) is 5.75 Å². The van der Waals surface area contributed by atoms with E-state index in [1.807, 2.05) is 12.1 Å². The van der Waals surface area contributed by atoms with Crippen LogP contribution >= 0.6 is 0 Å². The molecular formula is C13H20N2O. The molecule has 0 amide bonds. The van der Waals surface area contributed by atoms with Gasteiger partial charge in [-0.15, -0.1) is 0 Å². The van der Waals surface area contributed by atoms with E-state index < -0.39 is 0 Å². The van der Waals surface area contributed by atoms with E-state index in [4.69, 9.17) is 4.74 Å². The summed E-state index contributed by atoms with van der Waals surface area (Å²) < 4.78 is 5.37. The fourth-order valence-electron chi connectivity index (χ4n) is 2.08. The predicted octanol–water partition coefficient (Wildman–Crippen LogP) is 1.44. The Labute approximate surface area is 97.6 Å². The molecule has 1 fully saturated rings. The maximum absolute atomic E-state index is 5.37. The van der Waals surface area contributed by atoms with Crippen LogP contribution in [-0.2, 0) is 6.54 Å². The van der Waals surface area contributed by atoms with Crippen molar-refractivity contribution in [2.24, 2.45) is 0 Å². The maximum atomic E-state index is 5.37. The highest BCUT2D eigenvalue weighted by Crippen LogP contribution is 2.19. The van der Waals surface area contributed by atoms with Gasteiger partial charge in [0.2, 0.25) is 0 Å². The Hall–Kier alpha value is -1.06. The van der Waals surface area contributed by atoms with Crippen LogP contribution in [0.3, 0.4) is 0 Å². The van der Waals surface area contributed by atoms with Crippen molar-refractivity contribution >= 4 is 0 Å². The van der Waals surface area contributed by atoms with Crippen molar-refractivity contribution in [3.8, 4) is 5.75 Å². The number of ether oxygens (including phenoxy) is 1. The molecule has 3 heteroatoms. The van der Waals surface area contributed by atoms with Gasteiger partial charge in [0.15, 0.2) is 0 Å². The van der Waals surface area contributed by atoms with Crippen LogP contribution < -0.4 is 4.74 Å². The van der Waals surface area contributed by atoms with E-state index in [-0.39, 0.29) is 0 Å². The Balaban J connectivity index is 1.98. The Morgan fingerprint density at radius 2 is 1.81 bits per heavy atom. The number of nitrogens with zero attached hydrogens (tertiary/aromatic N) is 2. The molecule has 88 valence electrons. The van der Waals surface area contributed by atoms with Crippen LogP contribution in [0.2, 0.25) is 0 Å². The molecule has 0 N–H and O–H groups in total. The molecule has 1 aromatic rings. The summed E-state index contributed by atoms with van der Waals surface area (Å²) in [6, 6.07) is 8.28. The fraction of sp³-hybridized carbons (Fsp3) is 0.538. The lowest BCUT2D eigenvalue weighted by Crippen LogP contribution is -2.43. The Morgan fingerprint density at radius 3 is 2.50 bits per heavy atom. The molecule has 0 bridgehead atoms. The molecule has 0 aliphatic carbocycles. The molecule has 1 saturated heterocycles. The number of hydrogen-bond donors (Lipinski definition) is 0. The third kappa shape index (κ3) is 2.74. The minimum absolute atomic E-state index is 0.998. The highest BCUT2D eigenvalue weighted by atomic mass is 16.5. The second kappa shape index (κ2) is 5.32. The predicted molar refractivity (Wildman–Crippen MR) is 65.8 cm³/mol.